The Morgan fingerprint density at radius 3 is 3.00 bits per heavy atom. The summed E-state index contributed by atoms with van der Waals surface area (Å²) in [5.41, 5.74) is 7.50. The highest BCUT2D eigenvalue weighted by Crippen LogP contribution is 2.21. The lowest BCUT2D eigenvalue weighted by Crippen LogP contribution is -2.16. The summed E-state index contributed by atoms with van der Waals surface area (Å²) in [6.07, 6.45) is 2.31. The zero-order chi connectivity index (χ0) is 12.3. The van der Waals surface area contributed by atoms with Gasteiger partial charge < -0.3 is 10.5 Å². The van der Waals surface area contributed by atoms with Crippen LogP contribution in [-0.2, 0) is 21.3 Å². The van der Waals surface area contributed by atoms with Crippen LogP contribution in [0.1, 0.15) is 18.4 Å². The fourth-order valence-corrected chi connectivity index (χ4v) is 3.50. The number of rotatable bonds is 4. The summed E-state index contributed by atoms with van der Waals surface area (Å²) >= 11 is 3.35. The second-order valence-corrected chi connectivity index (χ2v) is 6.60. The van der Waals surface area contributed by atoms with E-state index < -0.39 is 10.8 Å². The predicted molar refractivity (Wildman–Crippen MR) is 74.2 cm³/mol. The molecule has 5 heteroatoms. The zero-order valence-electron chi connectivity index (χ0n) is 9.52. The first-order valence-electron chi connectivity index (χ1n) is 5.65. The Morgan fingerprint density at radius 2 is 2.35 bits per heavy atom. The maximum absolute atomic E-state index is 11.9. The predicted octanol–water partition coefficient (Wildman–Crippen LogP) is 2.46. The van der Waals surface area contributed by atoms with Crippen molar-refractivity contribution in [1.29, 1.82) is 0 Å². The van der Waals surface area contributed by atoms with Crippen LogP contribution >= 0.6 is 15.9 Å². The van der Waals surface area contributed by atoms with Crippen LogP contribution in [-0.4, -0.2) is 22.7 Å². The lowest BCUT2D eigenvalue weighted by atomic mass is 10.2. The molecule has 1 aromatic rings. The van der Waals surface area contributed by atoms with Crippen LogP contribution in [0, 0.1) is 0 Å². The fraction of sp³-hybridized carbons (Fsp3) is 0.500. The quantitative estimate of drug-likeness (QED) is 0.868. The molecule has 0 bridgehead atoms. The first-order chi connectivity index (χ1) is 8.15. The third kappa shape index (κ3) is 3.79. The van der Waals surface area contributed by atoms with E-state index in [9.17, 15) is 4.21 Å². The molecule has 0 saturated carbocycles. The van der Waals surface area contributed by atoms with Crippen LogP contribution in [0.3, 0.4) is 0 Å². The number of halogens is 1. The van der Waals surface area contributed by atoms with E-state index >= 15 is 0 Å². The molecule has 0 spiro atoms. The molecule has 2 atom stereocenters. The van der Waals surface area contributed by atoms with Crippen LogP contribution in [0.2, 0.25) is 0 Å². The van der Waals surface area contributed by atoms with Crippen molar-refractivity contribution < 1.29 is 8.95 Å². The molecule has 1 aromatic carbocycles. The van der Waals surface area contributed by atoms with E-state index in [1.165, 1.54) is 0 Å². The molecule has 3 nitrogen and oxygen atoms in total. The fourth-order valence-electron chi connectivity index (χ4n) is 1.91. The summed E-state index contributed by atoms with van der Waals surface area (Å²) in [7, 11) is -0.872. The number of nitrogens with two attached hydrogens (primary N) is 1. The minimum Gasteiger partial charge on any atom is -0.398 e. The molecule has 0 aliphatic carbocycles. The van der Waals surface area contributed by atoms with Gasteiger partial charge in [0.05, 0.1) is 11.9 Å². The number of hydrogen-bond donors (Lipinski definition) is 1. The van der Waals surface area contributed by atoms with Crippen LogP contribution in [0.5, 0.6) is 0 Å². The van der Waals surface area contributed by atoms with Gasteiger partial charge in [-0.15, -0.1) is 0 Å². The molecule has 1 saturated heterocycles. The molecule has 1 fully saturated rings. The van der Waals surface area contributed by atoms with Crippen molar-refractivity contribution in [1.82, 2.24) is 0 Å². The van der Waals surface area contributed by atoms with Crippen molar-refractivity contribution in [2.24, 2.45) is 0 Å². The average molecular weight is 318 g/mol. The molecule has 0 radical (unpaired) electrons. The van der Waals surface area contributed by atoms with E-state index in [4.69, 9.17) is 10.5 Å². The Hall–Kier alpha value is -0.390. The van der Waals surface area contributed by atoms with E-state index in [2.05, 4.69) is 15.9 Å². The summed E-state index contributed by atoms with van der Waals surface area (Å²) in [6, 6.07) is 5.72. The Bertz CT molecular complexity index is 419. The molecule has 2 unspecified atom stereocenters. The van der Waals surface area contributed by atoms with E-state index in [1.54, 1.807) is 0 Å². The van der Waals surface area contributed by atoms with Crippen molar-refractivity contribution in [3.8, 4) is 0 Å². The second-order valence-electron chi connectivity index (χ2n) is 4.24. The molecular weight excluding hydrogens is 302 g/mol. The molecule has 1 heterocycles. The van der Waals surface area contributed by atoms with Gasteiger partial charge in [-0.1, -0.05) is 6.07 Å². The smallest absolute Gasteiger partial charge is 0.0691 e. The number of nitrogen functional groups attached to an aromatic ring is 1. The topological polar surface area (TPSA) is 52.3 Å². The molecule has 1 aliphatic rings. The molecule has 2 rings (SSSR count). The summed E-state index contributed by atoms with van der Waals surface area (Å²) in [6.45, 7) is 0.813. The summed E-state index contributed by atoms with van der Waals surface area (Å²) in [5, 5.41) is 0. The highest BCUT2D eigenvalue weighted by atomic mass is 79.9. The van der Waals surface area contributed by atoms with E-state index in [-0.39, 0.29) is 6.10 Å². The Balaban J connectivity index is 1.90. The van der Waals surface area contributed by atoms with Gasteiger partial charge in [-0.25, -0.2) is 0 Å². The number of benzene rings is 1. The first-order valence-corrected chi connectivity index (χ1v) is 7.94. The van der Waals surface area contributed by atoms with Gasteiger partial charge in [0.15, 0.2) is 0 Å². The number of ether oxygens (including phenoxy) is 1. The summed E-state index contributed by atoms with van der Waals surface area (Å²) in [5.74, 6) is 1.19. The third-order valence-corrected chi connectivity index (χ3v) is 4.90. The van der Waals surface area contributed by atoms with Gasteiger partial charge in [0.2, 0.25) is 0 Å². The highest BCUT2D eigenvalue weighted by molar-refractivity contribution is 9.10. The minimum atomic E-state index is -0.872. The zero-order valence-corrected chi connectivity index (χ0v) is 11.9. The van der Waals surface area contributed by atoms with Crippen LogP contribution in [0.4, 0.5) is 5.69 Å². The molecule has 0 amide bonds. The largest absolute Gasteiger partial charge is 0.398 e. The molecule has 1 aliphatic heterocycles. The van der Waals surface area contributed by atoms with Crippen LogP contribution in [0.15, 0.2) is 22.7 Å². The minimum absolute atomic E-state index is 0.184. The second kappa shape index (κ2) is 5.98. The van der Waals surface area contributed by atoms with Crippen LogP contribution in [0.25, 0.3) is 0 Å². The Labute approximate surface area is 112 Å². The van der Waals surface area contributed by atoms with E-state index in [0.717, 1.165) is 29.5 Å². The number of anilines is 1. The Kier molecular flexibility index (Phi) is 4.59. The third-order valence-electron chi connectivity index (χ3n) is 2.78. The molecule has 94 valence electrons. The van der Waals surface area contributed by atoms with Gasteiger partial charge in [-0.05, 0) is 46.5 Å². The Morgan fingerprint density at radius 1 is 1.53 bits per heavy atom. The number of hydrogen-bond acceptors (Lipinski definition) is 3. The molecular formula is C12H16BrNO2S. The van der Waals surface area contributed by atoms with Gasteiger partial charge in [-0.2, -0.15) is 0 Å². The van der Waals surface area contributed by atoms with Gasteiger partial charge in [0.25, 0.3) is 0 Å². The maximum atomic E-state index is 11.9. The molecule has 17 heavy (non-hydrogen) atoms. The molecule has 2 N–H and O–H groups in total. The van der Waals surface area contributed by atoms with Crippen LogP contribution < -0.4 is 5.73 Å². The van der Waals surface area contributed by atoms with Gasteiger partial charge in [0.1, 0.15) is 0 Å². The van der Waals surface area contributed by atoms with Crippen molar-refractivity contribution in [2.45, 2.75) is 24.7 Å². The lowest BCUT2D eigenvalue weighted by Gasteiger charge is -2.09. The van der Waals surface area contributed by atoms with Crippen molar-refractivity contribution >= 4 is 32.4 Å². The molecule has 0 aromatic heterocycles. The summed E-state index contributed by atoms with van der Waals surface area (Å²) in [4.78, 5) is 0. The average Bonchev–Trinajstić information content (AvgIpc) is 2.76. The monoisotopic (exact) mass is 317 g/mol. The SMILES string of the molecule is Nc1cc(CS(=O)CC2CCCO2)ccc1Br. The normalized spacial score (nSPS) is 21.6. The van der Waals surface area contributed by atoms with E-state index in [1.807, 2.05) is 18.2 Å². The van der Waals surface area contributed by atoms with Gasteiger partial charge in [-0.3, -0.25) is 4.21 Å². The van der Waals surface area contributed by atoms with E-state index in [0.29, 0.717) is 17.2 Å². The van der Waals surface area contributed by atoms with Crippen molar-refractivity contribution in [3.63, 3.8) is 0 Å². The highest BCUT2D eigenvalue weighted by Gasteiger charge is 2.18. The standard InChI is InChI=1S/C12H16BrNO2S/c13-11-4-3-9(6-12(11)14)7-17(15)8-10-2-1-5-16-10/h3-4,6,10H,1-2,5,7-8,14H2. The lowest BCUT2D eigenvalue weighted by molar-refractivity contribution is 0.128. The summed E-state index contributed by atoms with van der Waals surface area (Å²) < 4.78 is 18.3. The van der Waals surface area contributed by atoms with Gasteiger partial charge >= 0.3 is 0 Å². The first kappa shape index (κ1) is 13.1. The van der Waals surface area contributed by atoms with Crippen molar-refractivity contribution in [2.75, 3.05) is 18.1 Å². The van der Waals surface area contributed by atoms with Gasteiger partial charge in [0, 0.05) is 33.3 Å². The maximum Gasteiger partial charge on any atom is 0.0691 e. The van der Waals surface area contributed by atoms with Crippen molar-refractivity contribution in [3.05, 3.63) is 28.2 Å².